The Bertz CT molecular complexity index is 222. The van der Waals surface area contributed by atoms with Crippen LogP contribution < -0.4 is 0 Å². The summed E-state index contributed by atoms with van der Waals surface area (Å²) in [6.07, 6.45) is 5.21. The third-order valence-electron chi connectivity index (χ3n) is 1.09. The van der Waals surface area contributed by atoms with E-state index in [1.807, 2.05) is 0 Å². The van der Waals surface area contributed by atoms with Crippen molar-refractivity contribution < 1.29 is 13.0 Å². The molecule has 0 aromatic carbocycles. The molecule has 3 nitrogen and oxygen atoms in total. The quantitative estimate of drug-likeness (QED) is 0.563. The van der Waals surface area contributed by atoms with Gasteiger partial charge < -0.3 is 0 Å². The standard InChI is InChI=1S/C6H9O3S/c1-3-6(2)4-5-10(7,8)9/h1,6H,4-5H2,2H3. The van der Waals surface area contributed by atoms with Crippen LogP contribution in [0.1, 0.15) is 13.3 Å². The van der Waals surface area contributed by atoms with Crippen LogP contribution in [0.2, 0.25) is 0 Å². The largest absolute Gasteiger partial charge is 0.294 e. The minimum atomic E-state index is -4.07. The monoisotopic (exact) mass is 161 g/mol. The highest BCUT2D eigenvalue weighted by atomic mass is 32.2. The van der Waals surface area contributed by atoms with Crippen molar-refractivity contribution >= 4 is 10.1 Å². The van der Waals surface area contributed by atoms with Crippen molar-refractivity contribution in [3.63, 3.8) is 0 Å². The summed E-state index contributed by atoms with van der Waals surface area (Å²) in [6.45, 7) is 1.70. The van der Waals surface area contributed by atoms with Crippen molar-refractivity contribution in [3.8, 4) is 12.3 Å². The minimum Gasteiger partial charge on any atom is -0.197 e. The van der Waals surface area contributed by atoms with Gasteiger partial charge in [0.2, 0.25) is 0 Å². The average Bonchev–Trinajstić information content (AvgIpc) is 1.81. The summed E-state index contributed by atoms with van der Waals surface area (Å²) in [4.78, 5) is 0. The van der Waals surface area contributed by atoms with Gasteiger partial charge in [0.25, 0.3) is 10.1 Å². The average molecular weight is 161 g/mol. The van der Waals surface area contributed by atoms with Crippen molar-refractivity contribution in [2.75, 3.05) is 5.75 Å². The highest BCUT2D eigenvalue weighted by molar-refractivity contribution is 7.85. The van der Waals surface area contributed by atoms with E-state index in [1.54, 1.807) is 6.92 Å². The molecule has 1 radical (unpaired) electrons. The first-order chi connectivity index (χ1) is 4.45. The first-order valence-electron chi connectivity index (χ1n) is 2.85. The topological polar surface area (TPSA) is 54.0 Å². The zero-order valence-corrected chi connectivity index (χ0v) is 6.52. The molecule has 0 N–H and O–H groups in total. The van der Waals surface area contributed by atoms with Gasteiger partial charge in [0, 0.05) is 5.92 Å². The lowest BCUT2D eigenvalue weighted by molar-refractivity contribution is 0.411. The maximum atomic E-state index is 10.0. The fraction of sp³-hybridized carbons (Fsp3) is 0.667. The molecule has 1 unspecified atom stereocenters. The normalized spacial score (nSPS) is 14.1. The van der Waals surface area contributed by atoms with Crippen LogP contribution in [0.25, 0.3) is 0 Å². The predicted molar refractivity (Wildman–Crippen MR) is 37.1 cm³/mol. The van der Waals surface area contributed by atoms with Crippen LogP contribution in [0.4, 0.5) is 0 Å². The molecular weight excluding hydrogens is 152 g/mol. The van der Waals surface area contributed by atoms with Crippen LogP contribution in [-0.4, -0.2) is 14.2 Å². The Kier molecular flexibility index (Phi) is 3.40. The van der Waals surface area contributed by atoms with Gasteiger partial charge in [0.05, 0.1) is 5.75 Å². The molecule has 4 heteroatoms. The smallest absolute Gasteiger partial charge is 0.197 e. The molecule has 0 bridgehead atoms. The zero-order chi connectivity index (χ0) is 8.20. The molecule has 0 saturated heterocycles. The van der Waals surface area contributed by atoms with Gasteiger partial charge in [-0.05, 0) is 6.42 Å². The van der Waals surface area contributed by atoms with Gasteiger partial charge in [-0.3, -0.25) is 0 Å². The Morgan fingerprint density at radius 3 is 2.40 bits per heavy atom. The lowest BCUT2D eigenvalue weighted by Gasteiger charge is -1.98. The SMILES string of the molecule is C#CC(C)CCS([O])(=O)=O. The molecule has 0 aliphatic rings. The van der Waals surface area contributed by atoms with Crippen LogP contribution in [0.5, 0.6) is 0 Å². The molecule has 0 aromatic heterocycles. The minimum absolute atomic E-state index is 0.135. The van der Waals surface area contributed by atoms with Gasteiger partial charge in [0.1, 0.15) is 0 Å². The number of hydrogen-bond donors (Lipinski definition) is 0. The lowest BCUT2D eigenvalue weighted by Crippen LogP contribution is -2.05. The van der Waals surface area contributed by atoms with E-state index < -0.39 is 10.1 Å². The van der Waals surface area contributed by atoms with Crippen molar-refractivity contribution in [3.05, 3.63) is 0 Å². The molecule has 0 aliphatic heterocycles. The van der Waals surface area contributed by atoms with Crippen molar-refractivity contribution in [2.45, 2.75) is 13.3 Å². The summed E-state index contributed by atoms with van der Waals surface area (Å²) < 4.78 is 30.1. The van der Waals surface area contributed by atoms with E-state index in [-0.39, 0.29) is 18.1 Å². The molecule has 10 heavy (non-hydrogen) atoms. The summed E-state index contributed by atoms with van der Waals surface area (Å²) in [5.74, 6) is 1.84. The van der Waals surface area contributed by atoms with E-state index >= 15 is 0 Å². The molecule has 0 amide bonds. The van der Waals surface area contributed by atoms with Crippen molar-refractivity contribution in [1.82, 2.24) is 0 Å². The van der Waals surface area contributed by atoms with E-state index in [1.165, 1.54) is 0 Å². The molecule has 0 saturated carbocycles. The second-order valence-corrected chi connectivity index (χ2v) is 3.64. The molecule has 1 atom stereocenters. The molecule has 0 rings (SSSR count). The van der Waals surface area contributed by atoms with Crippen LogP contribution in [0, 0.1) is 18.3 Å². The van der Waals surface area contributed by atoms with E-state index in [2.05, 4.69) is 5.92 Å². The zero-order valence-electron chi connectivity index (χ0n) is 5.70. The third kappa shape index (κ3) is 5.60. The van der Waals surface area contributed by atoms with Gasteiger partial charge in [-0.1, -0.05) is 11.5 Å². The lowest BCUT2D eigenvalue weighted by atomic mass is 10.1. The highest BCUT2D eigenvalue weighted by Crippen LogP contribution is 2.01. The molecule has 0 aliphatic carbocycles. The summed E-state index contributed by atoms with van der Waals surface area (Å²) >= 11 is 0. The second kappa shape index (κ2) is 3.59. The van der Waals surface area contributed by atoms with Crippen LogP contribution in [0.3, 0.4) is 0 Å². The summed E-state index contributed by atoms with van der Waals surface area (Å²) in [7, 11) is -4.07. The van der Waals surface area contributed by atoms with Gasteiger partial charge in [0.15, 0.2) is 0 Å². The maximum Gasteiger partial charge on any atom is 0.294 e. The fourth-order valence-electron chi connectivity index (χ4n) is 0.404. The number of rotatable bonds is 3. The number of hydrogen-bond acceptors (Lipinski definition) is 2. The third-order valence-corrected chi connectivity index (χ3v) is 1.82. The fourth-order valence-corrected chi connectivity index (χ4v) is 1.05. The van der Waals surface area contributed by atoms with E-state index in [9.17, 15) is 13.0 Å². The Morgan fingerprint density at radius 2 is 2.10 bits per heavy atom. The molecule has 0 fully saturated rings. The predicted octanol–water partition coefficient (Wildman–Crippen LogP) is 0.406. The van der Waals surface area contributed by atoms with E-state index in [0.29, 0.717) is 0 Å². The van der Waals surface area contributed by atoms with Crippen molar-refractivity contribution in [1.29, 1.82) is 0 Å². The van der Waals surface area contributed by atoms with Gasteiger partial charge >= 0.3 is 0 Å². The van der Waals surface area contributed by atoms with Crippen LogP contribution in [-0.2, 0) is 14.7 Å². The molecule has 57 valence electrons. The first-order valence-corrected chi connectivity index (χ1v) is 4.43. The van der Waals surface area contributed by atoms with Gasteiger partial charge in [-0.2, -0.15) is 8.42 Å². The Balaban J connectivity index is 3.70. The first kappa shape index (κ1) is 9.47. The summed E-state index contributed by atoms with van der Waals surface area (Å²) in [6, 6.07) is 0. The Hall–Kier alpha value is -0.530. The second-order valence-electron chi connectivity index (χ2n) is 2.12. The number of terminal acetylenes is 1. The maximum absolute atomic E-state index is 10.0. The van der Waals surface area contributed by atoms with Gasteiger partial charge in [-0.15, -0.1) is 12.3 Å². The van der Waals surface area contributed by atoms with Gasteiger partial charge in [-0.25, -0.2) is 0 Å². The molecule has 0 heterocycles. The summed E-state index contributed by atoms with van der Waals surface area (Å²) in [5.41, 5.74) is 0. The van der Waals surface area contributed by atoms with E-state index in [4.69, 9.17) is 6.42 Å². The molecule has 0 spiro atoms. The van der Waals surface area contributed by atoms with E-state index in [0.717, 1.165) is 0 Å². The Labute approximate surface area is 61.2 Å². The van der Waals surface area contributed by atoms with Crippen LogP contribution in [0.15, 0.2) is 0 Å². The molecular formula is C6H9O3S. The summed E-state index contributed by atoms with van der Waals surface area (Å²) in [5, 5.41) is 0. The highest BCUT2D eigenvalue weighted by Gasteiger charge is 2.08. The van der Waals surface area contributed by atoms with Crippen LogP contribution >= 0.6 is 0 Å². The Morgan fingerprint density at radius 1 is 1.60 bits per heavy atom. The van der Waals surface area contributed by atoms with Crippen molar-refractivity contribution in [2.24, 2.45) is 5.92 Å². The molecule has 0 aromatic rings.